The van der Waals surface area contributed by atoms with E-state index >= 15 is 0 Å². The van der Waals surface area contributed by atoms with Crippen molar-refractivity contribution in [2.24, 2.45) is 0 Å². The molecule has 2 aromatic carbocycles. The third kappa shape index (κ3) is 4.42. The van der Waals surface area contributed by atoms with Gasteiger partial charge in [-0.3, -0.25) is 4.98 Å². The molecule has 0 spiro atoms. The summed E-state index contributed by atoms with van der Waals surface area (Å²) in [6.45, 7) is -0.0244. The number of carboxylic acids is 1. The maximum Gasteiger partial charge on any atom is 0.346 e. The highest BCUT2D eigenvalue weighted by Gasteiger charge is 2.19. The zero-order chi connectivity index (χ0) is 17.8. The van der Waals surface area contributed by atoms with E-state index < -0.39 is 17.9 Å². The number of hydrogen-bond donors (Lipinski definition) is 2. The molecule has 0 aliphatic carbocycles. The number of carboxylic acid groups (broad SMARTS) is 1. The fraction of sp³-hybridized carbons (Fsp3) is 0.118. The Morgan fingerprint density at radius 1 is 1.24 bits per heavy atom. The number of anilines is 1. The normalized spacial score (nSPS) is 11.9. The zero-order valence-corrected chi connectivity index (χ0v) is 14.4. The third-order valence-corrected chi connectivity index (χ3v) is 3.83. The number of nitrogens with one attached hydrogen (secondary N) is 1. The maximum absolute atomic E-state index is 12.9. The van der Waals surface area contributed by atoms with Crippen LogP contribution < -0.4 is 10.1 Å². The molecule has 6 nitrogen and oxygen atoms in total. The summed E-state index contributed by atoms with van der Waals surface area (Å²) < 4.78 is 19.2. The molecule has 1 aromatic heterocycles. The number of benzene rings is 2. The van der Waals surface area contributed by atoms with Crippen molar-refractivity contribution in [3.05, 3.63) is 59.0 Å². The SMILES string of the molecule is O=C(O)C(CNc1cnc2cc(Br)ccc2n1)Oc1ccc(F)cc1. The van der Waals surface area contributed by atoms with Crippen LogP contribution in [0.3, 0.4) is 0 Å². The number of nitrogens with zero attached hydrogens (tertiary/aromatic N) is 2. The van der Waals surface area contributed by atoms with Gasteiger partial charge in [0.15, 0.2) is 0 Å². The molecule has 0 fully saturated rings. The Labute approximate surface area is 150 Å². The van der Waals surface area contributed by atoms with Crippen molar-refractivity contribution in [2.45, 2.75) is 6.10 Å². The van der Waals surface area contributed by atoms with Gasteiger partial charge in [0.05, 0.1) is 23.8 Å². The van der Waals surface area contributed by atoms with E-state index in [4.69, 9.17) is 4.74 Å². The number of carbonyl (C=O) groups is 1. The first-order chi connectivity index (χ1) is 12.0. The van der Waals surface area contributed by atoms with Crippen LogP contribution >= 0.6 is 15.9 Å². The Morgan fingerprint density at radius 3 is 2.72 bits per heavy atom. The second-order valence-corrected chi connectivity index (χ2v) is 6.08. The molecule has 0 radical (unpaired) electrons. The molecule has 0 aliphatic heterocycles. The molecular weight excluding hydrogens is 393 g/mol. The van der Waals surface area contributed by atoms with Gasteiger partial charge >= 0.3 is 5.97 Å². The molecule has 25 heavy (non-hydrogen) atoms. The summed E-state index contributed by atoms with van der Waals surface area (Å²) in [5.74, 6) is -0.862. The lowest BCUT2D eigenvalue weighted by molar-refractivity contribution is -0.144. The fourth-order valence-corrected chi connectivity index (χ4v) is 2.47. The topological polar surface area (TPSA) is 84.3 Å². The number of rotatable bonds is 6. The van der Waals surface area contributed by atoms with Gasteiger partial charge in [0, 0.05) is 4.47 Å². The average Bonchev–Trinajstić information content (AvgIpc) is 2.60. The van der Waals surface area contributed by atoms with Gasteiger partial charge in [-0.25, -0.2) is 14.2 Å². The summed E-state index contributed by atoms with van der Waals surface area (Å²) in [5, 5.41) is 12.2. The van der Waals surface area contributed by atoms with Gasteiger partial charge < -0.3 is 15.2 Å². The Kier molecular flexibility index (Phi) is 5.08. The monoisotopic (exact) mass is 405 g/mol. The quantitative estimate of drug-likeness (QED) is 0.652. The van der Waals surface area contributed by atoms with Crippen LogP contribution in [-0.2, 0) is 4.79 Å². The molecule has 0 aliphatic rings. The van der Waals surface area contributed by atoms with Crippen LogP contribution in [0.5, 0.6) is 5.75 Å². The lowest BCUT2D eigenvalue weighted by Gasteiger charge is -2.16. The van der Waals surface area contributed by atoms with E-state index in [-0.39, 0.29) is 12.3 Å². The molecule has 1 atom stereocenters. The molecule has 8 heteroatoms. The van der Waals surface area contributed by atoms with Crippen LogP contribution in [0.25, 0.3) is 11.0 Å². The van der Waals surface area contributed by atoms with Gasteiger partial charge in [0.25, 0.3) is 0 Å². The van der Waals surface area contributed by atoms with Gasteiger partial charge in [-0.2, -0.15) is 0 Å². The fourth-order valence-electron chi connectivity index (χ4n) is 2.12. The molecule has 0 bridgehead atoms. The molecular formula is C17H13BrFN3O3. The summed E-state index contributed by atoms with van der Waals surface area (Å²) in [6, 6.07) is 10.6. The van der Waals surface area contributed by atoms with E-state index in [9.17, 15) is 14.3 Å². The molecule has 128 valence electrons. The van der Waals surface area contributed by atoms with Gasteiger partial charge in [-0.1, -0.05) is 15.9 Å². The van der Waals surface area contributed by atoms with Crippen LogP contribution in [0.15, 0.2) is 53.1 Å². The third-order valence-electron chi connectivity index (χ3n) is 3.34. The summed E-state index contributed by atoms with van der Waals surface area (Å²) in [7, 11) is 0. The summed E-state index contributed by atoms with van der Waals surface area (Å²) in [4.78, 5) is 20.0. The Balaban J connectivity index is 1.69. The van der Waals surface area contributed by atoms with Crippen LogP contribution in [0.2, 0.25) is 0 Å². The highest BCUT2D eigenvalue weighted by atomic mass is 79.9. The van der Waals surface area contributed by atoms with Crippen molar-refractivity contribution in [1.82, 2.24) is 9.97 Å². The van der Waals surface area contributed by atoms with Crippen molar-refractivity contribution in [2.75, 3.05) is 11.9 Å². The standard InChI is InChI=1S/C17H13BrFN3O3/c18-10-1-6-13-14(7-10)20-9-16(22-13)21-8-15(17(23)24)25-12-4-2-11(19)3-5-12/h1-7,9,15H,8H2,(H,21,22)(H,23,24). The highest BCUT2D eigenvalue weighted by Crippen LogP contribution is 2.18. The minimum atomic E-state index is -1.16. The van der Waals surface area contributed by atoms with Gasteiger partial charge in [-0.15, -0.1) is 0 Å². The first-order valence-corrected chi connectivity index (χ1v) is 8.12. The molecule has 0 saturated carbocycles. The first-order valence-electron chi connectivity index (χ1n) is 7.32. The number of hydrogen-bond acceptors (Lipinski definition) is 5. The second kappa shape index (κ2) is 7.43. The largest absolute Gasteiger partial charge is 0.478 e. The molecule has 3 aromatic rings. The van der Waals surface area contributed by atoms with Crippen molar-refractivity contribution in [3.63, 3.8) is 0 Å². The van der Waals surface area contributed by atoms with Crippen LogP contribution in [0.4, 0.5) is 10.2 Å². The van der Waals surface area contributed by atoms with Gasteiger partial charge in [0.1, 0.15) is 17.4 Å². The van der Waals surface area contributed by atoms with Crippen molar-refractivity contribution in [3.8, 4) is 5.75 Å². The van der Waals surface area contributed by atoms with E-state index in [1.165, 1.54) is 30.5 Å². The summed E-state index contributed by atoms with van der Waals surface area (Å²) in [6.07, 6.45) is 0.360. The summed E-state index contributed by atoms with van der Waals surface area (Å²) >= 11 is 3.36. The highest BCUT2D eigenvalue weighted by molar-refractivity contribution is 9.10. The first kappa shape index (κ1) is 17.1. The minimum Gasteiger partial charge on any atom is -0.478 e. The van der Waals surface area contributed by atoms with E-state index in [0.29, 0.717) is 11.3 Å². The van der Waals surface area contributed by atoms with Crippen LogP contribution in [0.1, 0.15) is 0 Å². The second-order valence-electron chi connectivity index (χ2n) is 5.17. The van der Waals surface area contributed by atoms with E-state index in [1.807, 2.05) is 12.1 Å². The summed E-state index contributed by atoms with van der Waals surface area (Å²) in [5.41, 5.74) is 1.40. The van der Waals surface area contributed by atoms with Gasteiger partial charge in [0.2, 0.25) is 6.10 Å². The molecule has 3 rings (SSSR count). The maximum atomic E-state index is 12.9. The predicted molar refractivity (Wildman–Crippen MR) is 94.2 cm³/mol. The zero-order valence-electron chi connectivity index (χ0n) is 12.8. The number of aliphatic carboxylic acids is 1. The minimum absolute atomic E-state index is 0.0244. The van der Waals surface area contributed by atoms with Crippen LogP contribution in [0, 0.1) is 5.82 Å². The smallest absolute Gasteiger partial charge is 0.346 e. The average molecular weight is 406 g/mol. The number of fused-ring (bicyclic) bond motifs is 1. The molecule has 1 heterocycles. The lowest BCUT2D eigenvalue weighted by Crippen LogP contribution is -2.34. The number of ether oxygens (including phenoxy) is 1. The van der Waals surface area contributed by atoms with Crippen molar-refractivity contribution >= 4 is 38.8 Å². The van der Waals surface area contributed by atoms with Crippen molar-refractivity contribution < 1.29 is 19.0 Å². The van der Waals surface area contributed by atoms with Crippen molar-refractivity contribution in [1.29, 1.82) is 0 Å². The Hall–Kier alpha value is -2.74. The van der Waals surface area contributed by atoms with E-state index in [2.05, 4.69) is 31.2 Å². The lowest BCUT2D eigenvalue weighted by atomic mass is 10.3. The van der Waals surface area contributed by atoms with Crippen LogP contribution in [-0.4, -0.2) is 33.7 Å². The number of halogens is 2. The Bertz CT molecular complexity index is 905. The molecule has 0 amide bonds. The van der Waals surface area contributed by atoms with E-state index in [0.717, 1.165) is 9.99 Å². The van der Waals surface area contributed by atoms with Gasteiger partial charge in [-0.05, 0) is 42.5 Å². The van der Waals surface area contributed by atoms with E-state index in [1.54, 1.807) is 6.07 Å². The molecule has 2 N–H and O–H groups in total. The predicted octanol–water partition coefficient (Wildman–Crippen LogP) is 3.48. The Morgan fingerprint density at radius 2 is 2.00 bits per heavy atom. The molecule has 1 unspecified atom stereocenters. The molecule has 0 saturated heterocycles. The number of aromatic nitrogens is 2.